The molecule has 5 heteroatoms. The van der Waals surface area contributed by atoms with Crippen molar-refractivity contribution in [2.45, 2.75) is 64.5 Å². The van der Waals surface area contributed by atoms with Gasteiger partial charge >= 0.3 is 0 Å². The maximum Gasteiger partial charge on any atom is 0.224 e. The lowest BCUT2D eigenvalue weighted by atomic mass is 10.0. The van der Waals surface area contributed by atoms with Gasteiger partial charge in [-0.3, -0.25) is 9.48 Å². The van der Waals surface area contributed by atoms with Crippen LogP contribution in [0.2, 0.25) is 0 Å². The van der Waals surface area contributed by atoms with Crippen LogP contribution >= 0.6 is 0 Å². The molecular formula is C15H25N3O2. The average molecular weight is 279 g/mol. The molecule has 2 rings (SSSR count). The Labute approximate surface area is 120 Å². The summed E-state index contributed by atoms with van der Waals surface area (Å²) in [5.41, 5.74) is 2.92. The standard InChI is InChI=1S/C15H25N3O2/c1-10-12(11(2)18(3)17-10)9-15(20)16-13-7-5-4-6-8-14(13)19/h13-14,19H,4-9H2,1-3H3,(H,16,20). The first-order valence-electron chi connectivity index (χ1n) is 7.45. The van der Waals surface area contributed by atoms with Crippen molar-refractivity contribution >= 4 is 5.91 Å². The number of carbonyl (C=O) groups excluding carboxylic acids is 1. The molecule has 112 valence electrons. The lowest BCUT2D eigenvalue weighted by Gasteiger charge is -2.21. The molecule has 1 aromatic heterocycles. The van der Waals surface area contributed by atoms with E-state index in [4.69, 9.17) is 0 Å². The van der Waals surface area contributed by atoms with Gasteiger partial charge in [-0.2, -0.15) is 5.10 Å². The molecule has 1 saturated carbocycles. The van der Waals surface area contributed by atoms with E-state index in [9.17, 15) is 9.90 Å². The van der Waals surface area contributed by atoms with Crippen molar-refractivity contribution in [1.29, 1.82) is 0 Å². The summed E-state index contributed by atoms with van der Waals surface area (Å²) in [5, 5.41) is 17.4. The lowest BCUT2D eigenvalue weighted by molar-refractivity contribution is -0.122. The van der Waals surface area contributed by atoms with Gasteiger partial charge in [0.1, 0.15) is 0 Å². The first-order valence-corrected chi connectivity index (χ1v) is 7.45. The van der Waals surface area contributed by atoms with Crippen LogP contribution in [0.5, 0.6) is 0 Å². The monoisotopic (exact) mass is 279 g/mol. The Kier molecular flexibility index (Phi) is 4.81. The summed E-state index contributed by atoms with van der Waals surface area (Å²) < 4.78 is 1.80. The smallest absolute Gasteiger partial charge is 0.224 e. The number of nitrogens with zero attached hydrogens (tertiary/aromatic N) is 2. The van der Waals surface area contributed by atoms with Gasteiger partial charge in [-0.05, 0) is 26.7 Å². The van der Waals surface area contributed by atoms with Crippen LogP contribution in [-0.4, -0.2) is 32.9 Å². The molecule has 1 aliphatic carbocycles. The van der Waals surface area contributed by atoms with E-state index in [1.54, 1.807) is 4.68 Å². The molecule has 1 aliphatic rings. The first kappa shape index (κ1) is 15.0. The minimum atomic E-state index is -0.405. The Bertz CT molecular complexity index is 482. The fraction of sp³-hybridized carbons (Fsp3) is 0.733. The zero-order valence-corrected chi connectivity index (χ0v) is 12.6. The minimum Gasteiger partial charge on any atom is -0.391 e. The van der Waals surface area contributed by atoms with Gasteiger partial charge in [-0.1, -0.05) is 19.3 Å². The third-order valence-corrected chi connectivity index (χ3v) is 4.32. The number of aliphatic hydroxyl groups is 1. The first-order chi connectivity index (χ1) is 9.49. The number of aryl methyl sites for hydroxylation is 2. The fourth-order valence-corrected chi connectivity index (χ4v) is 2.95. The molecule has 0 radical (unpaired) electrons. The van der Waals surface area contributed by atoms with E-state index >= 15 is 0 Å². The number of carbonyl (C=O) groups is 1. The summed E-state index contributed by atoms with van der Waals surface area (Å²) in [6.07, 6.45) is 4.87. The van der Waals surface area contributed by atoms with Crippen LogP contribution in [0.25, 0.3) is 0 Å². The number of aromatic nitrogens is 2. The molecule has 2 N–H and O–H groups in total. The number of hydrogen-bond acceptors (Lipinski definition) is 3. The molecule has 5 nitrogen and oxygen atoms in total. The van der Waals surface area contributed by atoms with Crippen molar-refractivity contribution in [2.75, 3.05) is 0 Å². The van der Waals surface area contributed by atoms with Crippen molar-refractivity contribution in [2.24, 2.45) is 7.05 Å². The van der Waals surface area contributed by atoms with Gasteiger partial charge < -0.3 is 10.4 Å². The molecule has 2 atom stereocenters. The quantitative estimate of drug-likeness (QED) is 0.822. The second-order valence-electron chi connectivity index (χ2n) is 5.83. The van der Waals surface area contributed by atoms with Gasteiger partial charge in [-0.15, -0.1) is 0 Å². The normalized spacial score (nSPS) is 23.4. The summed E-state index contributed by atoms with van der Waals surface area (Å²) in [6.45, 7) is 3.90. The minimum absolute atomic E-state index is 0.0184. The Morgan fingerprint density at radius 1 is 1.35 bits per heavy atom. The van der Waals surface area contributed by atoms with Gasteiger partial charge in [0.05, 0.1) is 24.3 Å². The van der Waals surface area contributed by atoms with Gasteiger partial charge in [0, 0.05) is 18.3 Å². The topological polar surface area (TPSA) is 67.2 Å². The van der Waals surface area contributed by atoms with E-state index in [0.717, 1.165) is 49.1 Å². The fourth-order valence-electron chi connectivity index (χ4n) is 2.95. The largest absolute Gasteiger partial charge is 0.391 e. The predicted molar refractivity (Wildman–Crippen MR) is 77.4 cm³/mol. The highest BCUT2D eigenvalue weighted by atomic mass is 16.3. The number of aliphatic hydroxyl groups excluding tert-OH is 1. The van der Waals surface area contributed by atoms with Crippen LogP contribution in [0.1, 0.15) is 49.1 Å². The molecule has 0 aromatic carbocycles. The molecule has 20 heavy (non-hydrogen) atoms. The summed E-state index contributed by atoms with van der Waals surface area (Å²) in [6, 6.07) is -0.0951. The Morgan fingerprint density at radius 2 is 2.05 bits per heavy atom. The highest BCUT2D eigenvalue weighted by Gasteiger charge is 2.24. The number of hydrogen-bond donors (Lipinski definition) is 2. The van der Waals surface area contributed by atoms with Crippen LogP contribution in [0.4, 0.5) is 0 Å². The van der Waals surface area contributed by atoms with Crippen molar-refractivity contribution in [3.05, 3.63) is 17.0 Å². The second kappa shape index (κ2) is 6.39. The number of nitrogens with one attached hydrogen (secondary N) is 1. The van der Waals surface area contributed by atoms with Crippen molar-refractivity contribution in [3.63, 3.8) is 0 Å². The van der Waals surface area contributed by atoms with Crippen molar-refractivity contribution < 1.29 is 9.90 Å². The van der Waals surface area contributed by atoms with Crippen LogP contribution < -0.4 is 5.32 Å². The highest BCUT2D eigenvalue weighted by Crippen LogP contribution is 2.18. The molecule has 0 saturated heterocycles. The molecule has 0 spiro atoms. The maximum atomic E-state index is 12.2. The second-order valence-corrected chi connectivity index (χ2v) is 5.83. The van der Waals surface area contributed by atoms with Crippen LogP contribution in [-0.2, 0) is 18.3 Å². The maximum absolute atomic E-state index is 12.2. The van der Waals surface area contributed by atoms with Gasteiger partial charge in [0.2, 0.25) is 5.91 Å². The Hall–Kier alpha value is -1.36. The third kappa shape index (κ3) is 3.39. The van der Waals surface area contributed by atoms with Crippen LogP contribution in [0.15, 0.2) is 0 Å². The van der Waals surface area contributed by atoms with E-state index < -0.39 is 6.10 Å². The molecular weight excluding hydrogens is 254 g/mol. The van der Waals surface area contributed by atoms with Gasteiger partial charge in [0.15, 0.2) is 0 Å². The Morgan fingerprint density at radius 3 is 2.70 bits per heavy atom. The van der Waals surface area contributed by atoms with E-state index in [-0.39, 0.29) is 11.9 Å². The zero-order valence-electron chi connectivity index (χ0n) is 12.6. The number of amides is 1. The van der Waals surface area contributed by atoms with Crippen molar-refractivity contribution in [1.82, 2.24) is 15.1 Å². The van der Waals surface area contributed by atoms with Crippen LogP contribution in [0, 0.1) is 13.8 Å². The predicted octanol–water partition coefficient (Wildman–Crippen LogP) is 1.39. The lowest BCUT2D eigenvalue weighted by Crippen LogP contribution is -2.43. The molecule has 1 heterocycles. The summed E-state index contributed by atoms with van der Waals surface area (Å²) in [4.78, 5) is 12.2. The molecule has 1 amide bonds. The molecule has 1 fully saturated rings. The summed E-state index contributed by atoms with van der Waals surface area (Å²) in [7, 11) is 1.89. The third-order valence-electron chi connectivity index (χ3n) is 4.32. The van der Waals surface area contributed by atoms with Gasteiger partial charge in [-0.25, -0.2) is 0 Å². The molecule has 0 bridgehead atoms. The van der Waals surface area contributed by atoms with E-state index in [1.807, 2.05) is 20.9 Å². The number of rotatable bonds is 3. The zero-order chi connectivity index (χ0) is 14.7. The van der Waals surface area contributed by atoms with E-state index in [2.05, 4.69) is 10.4 Å². The average Bonchev–Trinajstić information content (AvgIpc) is 2.57. The molecule has 2 unspecified atom stereocenters. The molecule has 0 aliphatic heterocycles. The van der Waals surface area contributed by atoms with E-state index in [0.29, 0.717) is 6.42 Å². The summed E-state index contributed by atoms with van der Waals surface area (Å²) in [5.74, 6) is -0.0184. The van der Waals surface area contributed by atoms with Crippen LogP contribution in [0.3, 0.4) is 0 Å². The summed E-state index contributed by atoms with van der Waals surface area (Å²) >= 11 is 0. The molecule has 1 aromatic rings. The van der Waals surface area contributed by atoms with Gasteiger partial charge in [0.25, 0.3) is 0 Å². The SMILES string of the molecule is Cc1nn(C)c(C)c1CC(=O)NC1CCCCCC1O. The Balaban J connectivity index is 1.98. The highest BCUT2D eigenvalue weighted by molar-refractivity contribution is 5.79. The van der Waals surface area contributed by atoms with Crippen molar-refractivity contribution in [3.8, 4) is 0 Å². The van der Waals surface area contributed by atoms with E-state index in [1.165, 1.54) is 0 Å².